The molecule has 1 N–H and O–H groups in total. The van der Waals surface area contributed by atoms with E-state index in [1.54, 1.807) is 14.2 Å². The molecule has 0 atom stereocenters. The minimum Gasteiger partial charge on any atom is -0.497 e. The van der Waals surface area contributed by atoms with Gasteiger partial charge in [0.2, 0.25) is 0 Å². The van der Waals surface area contributed by atoms with Gasteiger partial charge in [-0.25, -0.2) is 9.97 Å². The first-order chi connectivity index (χ1) is 10.1. The molecule has 0 saturated carbocycles. The molecular weight excluding hydrogens is 266 g/mol. The maximum atomic E-state index is 5.47. The lowest BCUT2D eigenvalue weighted by Gasteiger charge is -2.15. The van der Waals surface area contributed by atoms with Crippen molar-refractivity contribution in [2.24, 2.45) is 0 Å². The minimum absolute atomic E-state index is 0.714. The number of ether oxygens (including phenoxy) is 2. The Hall–Kier alpha value is -2.30. The summed E-state index contributed by atoms with van der Waals surface area (Å²) >= 11 is 0. The molecule has 5 nitrogen and oxygen atoms in total. The smallest absolute Gasteiger partial charge is 0.153 e. The normalized spacial score (nSPS) is 10.3. The third-order valence-corrected chi connectivity index (χ3v) is 3.31. The summed E-state index contributed by atoms with van der Waals surface area (Å²) < 4.78 is 10.7. The van der Waals surface area contributed by atoms with Crippen molar-refractivity contribution in [1.29, 1.82) is 0 Å². The molecule has 0 spiro atoms. The Morgan fingerprint density at radius 1 is 1.05 bits per heavy atom. The maximum Gasteiger partial charge on any atom is 0.153 e. The van der Waals surface area contributed by atoms with E-state index in [0.29, 0.717) is 5.75 Å². The summed E-state index contributed by atoms with van der Waals surface area (Å²) in [6, 6.07) is 5.68. The number of nitrogens with zero attached hydrogens (tertiary/aromatic N) is 2. The molecule has 0 aliphatic heterocycles. The molecule has 2 rings (SSSR count). The van der Waals surface area contributed by atoms with Crippen LogP contribution in [-0.2, 0) is 0 Å². The van der Waals surface area contributed by atoms with Crippen LogP contribution < -0.4 is 14.8 Å². The van der Waals surface area contributed by atoms with Crippen LogP contribution in [0.5, 0.6) is 11.5 Å². The fourth-order valence-electron chi connectivity index (χ4n) is 2.08. The third kappa shape index (κ3) is 3.07. The molecule has 0 aliphatic carbocycles. The van der Waals surface area contributed by atoms with Gasteiger partial charge in [0.15, 0.2) is 5.82 Å². The monoisotopic (exact) mass is 287 g/mol. The van der Waals surface area contributed by atoms with Crippen LogP contribution in [-0.4, -0.2) is 30.7 Å². The van der Waals surface area contributed by atoms with E-state index in [9.17, 15) is 0 Å². The Labute approximate surface area is 125 Å². The van der Waals surface area contributed by atoms with E-state index in [-0.39, 0.29) is 0 Å². The Kier molecular flexibility index (Phi) is 4.62. The highest BCUT2D eigenvalue weighted by molar-refractivity contribution is 5.77. The number of methoxy groups -OCH3 is 2. The van der Waals surface area contributed by atoms with E-state index in [4.69, 9.17) is 9.47 Å². The Morgan fingerprint density at radius 2 is 1.76 bits per heavy atom. The van der Waals surface area contributed by atoms with E-state index < -0.39 is 0 Å². The molecule has 2 aromatic rings. The van der Waals surface area contributed by atoms with Gasteiger partial charge in [0.1, 0.15) is 17.2 Å². The van der Waals surface area contributed by atoms with Crippen LogP contribution in [0.3, 0.4) is 0 Å². The molecule has 0 bridgehead atoms. The molecule has 21 heavy (non-hydrogen) atoms. The molecule has 0 fully saturated rings. The molecule has 5 heteroatoms. The van der Waals surface area contributed by atoms with Gasteiger partial charge in [-0.3, -0.25) is 0 Å². The molecule has 1 heterocycles. The predicted molar refractivity (Wildman–Crippen MR) is 84.2 cm³/mol. The lowest BCUT2D eigenvalue weighted by atomic mass is 10.1. The molecule has 1 aromatic heterocycles. The average Bonchev–Trinajstić information content (AvgIpc) is 2.50. The number of benzene rings is 1. The van der Waals surface area contributed by atoms with Crippen LogP contribution in [0, 0.1) is 13.8 Å². The average molecular weight is 287 g/mol. The summed E-state index contributed by atoms with van der Waals surface area (Å²) in [5.41, 5.74) is 3.51. The fraction of sp³-hybridized carbons (Fsp3) is 0.375. The number of hydrogen-bond donors (Lipinski definition) is 1. The molecule has 0 amide bonds. The van der Waals surface area contributed by atoms with Crippen molar-refractivity contribution in [2.75, 3.05) is 26.1 Å². The highest BCUT2D eigenvalue weighted by Gasteiger charge is 2.15. The van der Waals surface area contributed by atoms with Crippen LogP contribution in [0.2, 0.25) is 0 Å². The van der Waals surface area contributed by atoms with Crippen LogP contribution in [0.4, 0.5) is 5.82 Å². The Bertz CT molecular complexity index is 642. The molecular formula is C16H21N3O2. The third-order valence-electron chi connectivity index (χ3n) is 3.31. The largest absolute Gasteiger partial charge is 0.497 e. The van der Waals surface area contributed by atoms with Crippen LogP contribution in [0.25, 0.3) is 11.3 Å². The van der Waals surface area contributed by atoms with Gasteiger partial charge in [-0.2, -0.15) is 0 Å². The van der Waals surface area contributed by atoms with Crippen molar-refractivity contribution in [1.82, 2.24) is 9.97 Å². The van der Waals surface area contributed by atoms with E-state index in [1.807, 2.05) is 39.0 Å². The first-order valence-electron chi connectivity index (χ1n) is 6.92. The SMILES string of the molecule is CCNc1nc(C)c(C)nc1-c1ccc(OC)cc1OC. The summed E-state index contributed by atoms with van der Waals surface area (Å²) in [6.45, 7) is 6.73. The first kappa shape index (κ1) is 15.1. The van der Waals surface area contributed by atoms with Crippen molar-refractivity contribution in [3.8, 4) is 22.8 Å². The zero-order chi connectivity index (χ0) is 15.4. The summed E-state index contributed by atoms with van der Waals surface area (Å²) in [7, 11) is 3.27. The van der Waals surface area contributed by atoms with Crippen molar-refractivity contribution in [3.63, 3.8) is 0 Å². The second-order valence-corrected chi connectivity index (χ2v) is 4.69. The summed E-state index contributed by atoms with van der Waals surface area (Å²) in [4.78, 5) is 9.28. The van der Waals surface area contributed by atoms with Gasteiger partial charge < -0.3 is 14.8 Å². The van der Waals surface area contributed by atoms with E-state index >= 15 is 0 Å². The fourth-order valence-corrected chi connectivity index (χ4v) is 2.08. The van der Waals surface area contributed by atoms with Crippen molar-refractivity contribution in [2.45, 2.75) is 20.8 Å². The quantitative estimate of drug-likeness (QED) is 0.915. The highest BCUT2D eigenvalue weighted by Crippen LogP contribution is 2.35. The number of rotatable bonds is 5. The summed E-state index contributed by atoms with van der Waals surface area (Å²) in [5, 5.41) is 3.26. The van der Waals surface area contributed by atoms with Gasteiger partial charge >= 0.3 is 0 Å². The lowest BCUT2D eigenvalue weighted by Crippen LogP contribution is -2.06. The van der Waals surface area contributed by atoms with Gasteiger partial charge in [-0.1, -0.05) is 0 Å². The molecule has 0 aliphatic rings. The minimum atomic E-state index is 0.714. The van der Waals surface area contributed by atoms with Gasteiger partial charge in [-0.05, 0) is 32.9 Å². The van der Waals surface area contributed by atoms with E-state index in [0.717, 1.165) is 40.8 Å². The van der Waals surface area contributed by atoms with Gasteiger partial charge in [0.05, 0.1) is 25.6 Å². The second-order valence-electron chi connectivity index (χ2n) is 4.69. The van der Waals surface area contributed by atoms with Crippen LogP contribution >= 0.6 is 0 Å². The van der Waals surface area contributed by atoms with Gasteiger partial charge in [-0.15, -0.1) is 0 Å². The second kappa shape index (κ2) is 6.43. The topological polar surface area (TPSA) is 56.3 Å². The number of hydrogen-bond acceptors (Lipinski definition) is 5. The zero-order valence-corrected chi connectivity index (χ0v) is 13.2. The van der Waals surface area contributed by atoms with Crippen molar-refractivity contribution in [3.05, 3.63) is 29.6 Å². The zero-order valence-electron chi connectivity index (χ0n) is 13.2. The van der Waals surface area contributed by atoms with Gasteiger partial charge in [0.25, 0.3) is 0 Å². The molecule has 0 radical (unpaired) electrons. The van der Waals surface area contributed by atoms with Crippen LogP contribution in [0.15, 0.2) is 18.2 Å². The number of aromatic nitrogens is 2. The standard InChI is InChI=1S/C16H21N3O2/c1-6-17-16-15(18-10(2)11(3)19-16)13-8-7-12(20-4)9-14(13)21-5/h7-9H,6H2,1-5H3,(H,17,19). The number of nitrogens with one attached hydrogen (secondary N) is 1. The van der Waals surface area contributed by atoms with Gasteiger partial charge in [0, 0.05) is 18.2 Å². The predicted octanol–water partition coefficient (Wildman–Crippen LogP) is 3.21. The highest BCUT2D eigenvalue weighted by atomic mass is 16.5. The Balaban J connectivity index is 2.62. The van der Waals surface area contributed by atoms with Crippen molar-refractivity contribution < 1.29 is 9.47 Å². The Morgan fingerprint density at radius 3 is 2.38 bits per heavy atom. The van der Waals surface area contributed by atoms with E-state index in [1.165, 1.54) is 0 Å². The molecule has 1 aromatic carbocycles. The first-order valence-corrected chi connectivity index (χ1v) is 6.92. The molecule has 0 saturated heterocycles. The maximum absolute atomic E-state index is 5.47. The van der Waals surface area contributed by atoms with Crippen molar-refractivity contribution >= 4 is 5.82 Å². The summed E-state index contributed by atoms with van der Waals surface area (Å²) in [6.07, 6.45) is 0. The number of aryl methyl sites for hydroxylation is 2. The number of anilines is 1. The lowest BCUT2D eigenvalue weighted by molar-refractivity contribution is 0.395. The molecule has 112 valence electrons. The van der Waals surface area contributed by atoms with E-state index in [2.05, 4.69) is 15.3 Å². The summed E-state index contributed by atoms with van der Waals surface area (Å²) in [5.74, 6) is 2.23. The molecule has 0 unspecified atom stereocenters. The van der Waals surface area contributed by atoms with Crippen LogP contribution in [0.1, 0.15) is 18.3 Å².